The Bertz CT molecular complexity index is 821. The van der Waals surface area contributed by atoms with E-state index in [4.69, 9.17) is 4.74 Å². The summed E-state index contributed by atoms with van der Waals surface area (Å²) in [6.45, 7) is -0.480. The molecule has 8 heteroatoms. The molecule has 0 unspecified atom stereocenters. The molecule has 0 bridgehead atoms. The van der Waals surface area contributed by atoms with Crippen LogP contribution >= 0.6 is 0 Å². The van der Waals surface area contributed by atoms with E-state index in [-0.39, 0.29) is 23.7 Å². The van der Waals surface area contributed by atoms with Gasteiger partial charge in [0.25, 0.3) is 11.8 Å². The highest BCUT2D eigenvalue weighted by molar-refractivity contribution is 6.15. The number of nitrogens with zero attached hydrogens (tertiary/aromatic N) is 3. The molecule has 0 saturated heterocycles. The summed E-state index contributed by atoms with van der Waals surface area (Å²) in [6, 6.07) is 12.0. The van der Waals surface area contributed by atoms with Crippen molar-refractivity contribution in [1.82, 2.24) is 10.3 Å². The third kappa shape index (κ3) is 4.05. The molecule has 0 radical (unpaired) electrons. The number of hydrazone groups is 1. The first-order chi connectivity index (χ1) is 12.1. The molecule has 0 spiro atoms. The van der Waals surface area contributed by atoms with Crippen molar-refractivity contribution >= 4 is 29.3 Å². The van der Waals surface area contributed by atoms with Crippen LogP contribution in [0.25, 0.3) is 0 Å². The number of anilines is 1. The van der Waals surface area contributed by atoms with Crippen molar-refractivity contribution in [3.63, 3.8) is 0 Å². The number of amides is 2. The van der Waals surface area contributed by atoms with Gasteiger partial charge >= 0.3 is 5.97 Å². The standard InChI is InChI=1S/C17H14N4O4/c22-15(11-25-17(24)12-5-4-8-18-10-12)19-14-9-16(23)21(20-14)13-6-2-1-3-7-13/h1-8,10H,9,11H2,(H,19,20,22). The van der Waals surface area contributed by atoms with Gasteiger partial charge in [-0.05, 0) is 24.3 Å². The molecule has 0 aliphatic carbocycles. The SMILES string of the molecule is O=C(COC(=O)c1cccnc1)NC1=NN(c2ccccc2)C(=O)C1. The number of carbonyl (C=O) groups excluding carboxylic acids is 3. The molecule has 1 aliphatic rings. The summed E-state index contributed by atoms with van der Waals surface area (Å²) in [7, 11) is 0. The van der Waals surface area contributed by atoms with Crippen LogP contribution in [0, 0.1) is 0 Å². The third-order valence-corrected chi connectivity index (χ3v) is 3.29. The smallest absolute Gasteiger partial charge is 0.340 e. The van der Waals surface area contributed by atoms with Crippen LogP contribution in [0.5, 0.6) is 0 Å². The van der Waals surface area contributed by atoms with Gasteiger partial charge < -0.3 is 10.1 Å². The fourth-order valence-corrected chi connectivity index (χ4v) is 2.17. The normalized spacial score (nSPS) is 13.4. The van der Waals surface area contributed by atoms with Crippen LogP contribution in [-0.2, 0) is 14.3 Å². The summed E-state index contributed by atoms with van der Waals surface area (Å²) in [5, 5.41) is 7.77. The van der Waals surface area contributed by atoms with E-state index in [1.165, 1.54) is 23.5 Å². The molecule has 1 aromatic carbocycles. The van der Waals surface area contributed by atoms with Crippen molar-refractivity contribution in [2.45, 2.75) is 6.42 Å². The Kier molecular flexibility index (Phi) is 4.79. The number of rotatable bonds is 4. The predicted molar refractivity (Wildman–Crippen MR) is 88.6 cm³/mol. The zero-order valence-electron chi connectivity index (χ0n) is 13.1. The van der Waals surface area contributed by atoms with Gasteiger partial charge in [-0.3, -0.25) is 14.6 Å². The minimum Gasteiger partial charge on any atom is -0.452 e. The Morgan fingerprint density at radius 2 is 1.96 bits per heavy atom. The molecule has 25 heavy (non-hydrogen) atoms. The maximum absolute atomic E-state index is 12.0. The largest absolute Gasteiger partial charge is 0.452 e. The number of amidine groups is 1. The molecule has 2 aromatic rings. The molecule has 1 aromatic heterocycles. The van der Waals surface area contributed by atoms with Crippen LogP contribution in [-0.4, -0.2) is 35.2 Å². The minimum absolute atomic E-state index is 0.0306. The van der Waals surface area contributed by atoms with Crippen LogP contribution in [0.4, 0.5) is 5.69 Å². The Labute approximate surface area is 143 Å². The Morgan fingerprint density at radius 3 is 2.68 bits per heavy atom. The van der Waals surface area contributed by atoms with Crippen molar-refractivity contribution in [2.24, 2.45) is 5.10 Å². The second kappa shape index (κ2) is 7.35. The van der Waals surface area contributed by atoms with Gasteiger partial charge in [0.2, 0.25) is 0 Å². The molecule has 2 heterocycles. The maximum Gasteiger partial charge on any atom is 0.340 e. The van der Waals surface area contributed by atoms with Gasteiger partial charge in [0.1, 0.15) is 5.84 Å². The summed E-state index contributed by atoms with van der Waals surface area (Å²) in [5.41, 5.74) is 0.860. The number of hydrogen-bond acceptors (Lipinski definition) is 6. The zero-order valence-corrected chi connectivity index (χ0v) is 13.1. The molecule has 0 saturated carbocycles. The number of carbonyl (C=O) groups is 3. The van der Waals surface area contributed by atoms with Gasteiger partial charge in [0, 0.05) is 12.4 Å². The number of esters is 1. The van der Waals surface area contributed by atoms with Crippen LogP contribution in [0.2, 0.25) is 0 Å². The number of hydrogen-bond donors (Lipinski definition) is 1. The second-order valence-corrected chi connectivity index (χ2v) is 5.13. The highest BCUT2D eigenvalue weighted by Crippen LogP contribution is 2.18. The lowest BCUT2D eigenvalue weighted by Gasteiger charge is -2.10. The Hall–Kier alpha value is -3.55. The summed E-state index contributed by atoms with van der Waals surface area (Å²) in [6.07, 6.45) is 2.84. The van der Waals surface area contributed by atoms with E-state index in [1.807, 2.05) is 6.07 Å². The molecule has 126 valence electrons. The Morgan fingerprint density at radius 1 is 1.16 bits per heavy atom. The minimum atomic E-state index is -0.654. The van der Waals surface area contributed by atoms with Gasteiger partial charge in [0.05, 0.1) is 17.7 Å². The van der Waals surface area contributed by atoms with Crippen molar-refractivity contribution < 1.29 is 19.1 Å². The highest BCUT2D eigenvalue weighted by atomic mass is 16.5. The van der Waals surface area contributed by atoms with E-state index in [0.29, 0.717) is 5.69 Å². The topological polar surface area (TPSA) is 101 Å². The monoisotopic (exact) mass is 338 g/mol. The predicted octanol–water partition coefficient (Wildman–Crippen LogP) is 1.11. The molecule has 1 N–H and O–H groups in total. The lowest BCUT2D eigenvalue weighted by Crippen LogP contribution is -2.33. The van der Waals surface area contributed by atoms with Crippen molar-refractivity contribution in [2.75, 3.05) is 11.6 Å². The van der Waals surface area contributed by atoms with Crippen molar-refractivity contribution in [1.29, 1.82) is 0 Å². The summed E-state index contributed by atoms with van der Waals surface area (Å²) < 4.78 is 4.89. The fraction of sp³-hybridized carbons (Fsp3) is 0.118. The fourth-order valence-electron chi connectivity index (χ4n) is 2.17. The Balaban J connectivity index is 1.55. The van der Waals surface area contributed by atoms with Gasteiger partial charge in [0.15, 0.2) is 6.61 Å². The lowest BCUT2D eigenvalue weighted by molar-refractivity contribution is -0.122. The summed E-state index contributed by atoms with van der Waals surface area (Å²) >= 11 is 0. The van der Waals surface area contributed by atoms with Crippen LogP contribution in [0.15, 0.2) is 60.0 Å². The molecule has 0 atom stereocenters. The van der Waals surface area contributed by atoms with E-state index in [2.05, 4.69) is 15.4 Å². The highest BCUT2D eigenvalue weighted by Gasteiger charge is 2.26. The number of para-hydroxylation sites is 1. The molecule has 1 aliphatic heterocycles. The van der Waals surface area contributed by atoms with Crippen LogP contribution in [0.3, 0.4) is 0 Å². The number of pyridine rings is 1. The quantitative estimate of drug-likeness (QED) is 0.842. The molecule has 2 amide bonds. The second-order valence-electron chi connectivity index (χ2n) is 5.13. The average molecular weight is 338 g/mol. The summed E-state index contributed by atoms with van der Waals surface area (Å²) in [4.78, 5) is 39.4. The van der Waals surface area contributed by atoms with Crippen molar-refractivity contribution in [3.8, 4) is 0 Å². The third-order valence-electron chi connectivity index (χ3n) is 3.29. The molecule has 3 rings (SSSR count). The molecule has 8 nitrogen and oxygen atoms in total. The number of aromatic nitrogens is 1. The first-order valence-corrected chi connectivity index (χ1v) is 7.46. The summed E-state index contributed by atoms with van der Waals surface area (Å²) in [5.74, 6) is -1.28. The van der Waals surface area contributed by atoms with Gasteiger partial charge in [-0.15, -0.1) is 0 Å². The zero-order chi connectivity index (χ0) is 17.6. The molecule has 0 fully saturated rings. The lowest BCUT2D eigenvalue weighted by atomic mass is 10.3. The van der Waals surface area contributed by atoms with E-state index in [1.54, 1.807) is 30.3 Å². The van der Waals surface area contributed by atoms with Gasteiger partial charge in [-0.1, -0.05) is 18.2 Å². The molecular formula is C17H14N4O4. The van der Waals surface area contributed by atoms with E-state index >= 15 is 0 Å². The van der Waals surface area contributed by atoms with E-state index in [9.17, 15) is 14.4 Å². The number of nitrogens with one attached hydrogen (secondary N) is 1. The molecular weight excluding hydrogens is 324 g/mol. The maximum atomic E-state index is 12.0. The van der Waals surface area contributed by atoms with E-state index < -0.39 is 18.5 Å². The van der Waals surface area contributed by atoms with Crippen LogP contribution < -0.4 is 10.3 Å². The first kappa shape index (κ1) is 16.3. The van der Waals surface area contributed by atoms with E-state index in [0.717, 1.165) is 0 Å². The van der Waals surface area contributed by atoms with Crippen molar-refractivity contribution in [3.05, 3.63) is 60.4 Å². The number of ether oxygens (including phenoxy) is 1. The average Bonchev–Trinajstić information content (AvgIpc) is 3.01. The van der Waals surface area contributed by atoms with Gasteiger partial charge in [-0.2, -0.15) is 10.1 Å². The number of benzene rings is 1. The van der Waals surface area contributed by atoms with Crippen LogP contribution in [0.1, 0.15) is 16.8 Å². The first-order valence-electron chi connectivity index (χ1n) is 7.46. The van der Waals surface area contributed by atoms with Gasteiger partial charge in [-0.25, -0.2) is 4.79 Å².